The molecule has 30 heavy (non-hydrogen) atoms. The van der Waals surface area contributed by atoms with Gasteiger partial charge in [0.25, 0.3) is 11.8 Å². The smallest absolute Gasteiger partial charge is 0.255 e. The van der Waals surface area contributed by atoms with Crippen LogP contribution in [0.5, 0.6) is 11.5 Å². The molecule has 3 rings (SSSR count). The van der Waals surface area contributed by atoms with Gasteiger partial charge in [0.05, 0.1) is 25.6 Å². The van der Waals surface area contributed by atoms with Gasteiger partial charge in [0.15, 0.2) is 0 Å². The summed E-state index contributed by atoms with van der Waals surface area (Å²) in [6, 6.07) is 16.2. The molecule has 0 saturated carbocycles. The predicted octanol–water partition coefficient (Wildman–Crippen LogP) is 3.37. The molecule has 0 heterocycles. The SMILES string of the molecule is COc1ccc(N)cc1NC(=O)c1cccc(C(=O)Nc2cc(N)ccc2OC)c1. The summed E-state index contributed by atoms with van der Waals surface area (Å²) in [7, 11) is 2.99. The summed E-state index contributed by atoms with van der Waals surface area (Å²) < 4.78 is 10.5. The molecule has 0 bridgehead atoms. The van der Waals surface area contributed by atoms with Gasteiger partial charge in [0.2, 0.25) is 0 Å². The van der Waals surface area contributed by atoms with Crippen LogP contribution in [0.25, 0.3) is 0 Å². The van der Waals surface area contributed by atoms with E-state index >= 15 is 0 Å². The van der Waals surface area contributed by atoms with Crippen LogP contribution in [0.3, 0.4) is 0 Å². The second-order valence-corrected chi connectivity index (χ2v) is 6.41. The average Bonchev–Trinajstić information content (AvgIpc) is 2.74. The van der Waals surface area contributed by atoms with Crippen LogP contribution in [0.1, 0.15) is 20.7 Å². The molecule has 3 aromatic rings. The van der Waals surface area contributed by atoms with Gasteiger partial charge in [0, 0.05) is 22.5 Å². The van der Waals surface area contributed by atoms with Crippen molar-refractivity contribution in [3.05, 3.63) is 71.8 Å². The summed E-state index contributed by atoms with van der Waals surface area (Å²) in [5.74, 6) is 0.130. The number of methoxy groups -OCH3 is 2. The van der Waals surface area contributed by atoms with E-state index in [1.807, 2.05) is 0 Å². The average molecular weight is 406 g/mol. The van der Waals surface area contributed by atoms with E-state index in [0.29, 0.717) is 45.4 Å². The zero-order valence-electron chi connectivity index (χ0n) is 16.6. The van der Waals surface area contributed by atoms with E-state index in [2.05, 4.69) is 10.6 Å². The van der Waals surface area contributed by atoms with Crippen LogP contribution < -0.4 is 31.6 Å². The highest BCUT2D eigenvalue weighted by atomic mass is 16.5. The Hall–Kier alpha value is -4.20. The van der Waals surface area contributed by atoms with Gasteiger partial charge in [-0.2, -0.15) is 0 Å². The maximum atomic E-state index is 12.7. The first kappa shape index (κ1) is 20.5. The van der Waals surface area contributed by atoms with Crippen LogP contribution in [0.15, 0.2) is 60.7 Å². The molecule has 8 nitrogen and oxygen atoms in total. The van der Waals surface area contributed by atoms with Gasteiger partial charge < -0.3 is 31.6 Å². The number of benzene rings is 3. The maximum absolute atomic E-state index is 12.7. The molecule has 0 saturated heterocycles. The summed E-state index contributed by atoms with van der Waals surface area (Å²) in [6.07, 6.45) is 0. The quantitative estimate of drug-likeness (QED) is 0.465. The van der Waals surface area contributed by atoms with E-state index in [0.717, 1.165) is 0 Å². The first-order valence-corrected chi connectivity index (χ1v) is 9.01. The number of nitrogens with two attached hydrogens (primary N) is 2. The van der Waals surface area contributed by atoms with Crippen LogP contribution in [-0.4, -0.2) is 26.0 Å². The molecular weight excluding hydrogens is 384 g/mol. The van der Waals surface area contributed by atoms with Gasteiger partial charge >= 0.3 is 0 Å². The lowest BCUT2D eigenvalue weighted by atomic mass is 10.1. The van der Waals surface area contributed by atoms with Crippen LogP contribution in [0.2, 0.25) is 0 Å². The number of nitrogen functional groups attached to an aromatic ring is 2. The number of ether oxygens (including phenoxy) is 2. The summed E-state index contributed by atoms with van der Waals surface area (Å²) >= 11 is 0. The van der Waals surface area contributed by atoms with Gasteiger partial charge in [-0.15, -0.1) is 0 Å². The number of anilines is 4. The standard InChI is InChI=1S/C22H22N4O4/c1-29-19-8-6-15(23)11-17(19)25-21(27)13-4-3-5-14(10-13)22(28)26-18-12-16(24)7-9-20(18)30-2/h3-12H,23-24H2,1-2H3,(H,25,27)(H,26,28). The van der Waals surface area contributed by atoms with E-state index in [1.54, 1.807) is 54.6 Å². The number of hydrogen-bond acceptors (Lipinski definition) is 6. The Balaban J connectivity index is 1.81. The van der Waals surface area contributed by atoms with Crippen molar-refractivity contribution in [1.82, 2.24) is 0 Å². The molecule has 0 aliphatic rings. The number of nitrogens with one attached hydrogen (secondary N) is 2. The molecule has 0 aliphatic carbocycles. The molecule has 0 radical (unpaired) electrons. The summed E-state index contributed by atoms with van der Waals surface area (Å²) in [4.78, 5) is 25.4. The van der Waals surface area contributed by atoms with Crippen molar-refractivity contribution in [1.29, 1.82) is 0 Å². The van der Waals surface area contributed by atoms with Gasteiger partial charge in [-0.3, -0.25) is 9.59 Å². The topological polar surface area (TPSA) is 129 Å². The molecule has 0 fully saturated rings. The van der Waals surface area contributed by atoms with Crippen LogP contribution >= 0.6 is 0 Å². The molecule has 0 aromatic heterocycles. The maximum Gasteiger partial charge on any atom is 0.255 e. The van der Waals surface area contributed by atoms with Crippen molar-refractivity contribution in [3.63, 3.8) is 0 Å². The van der Waals surface area contributed by atoms with Crippen molar-refractivity contribution < 1.29 is 19.1 Å². The highest BCUT2D eigenvalue weighted by Gasteiger charge is 2.14. The number of rotatable bonds is 6. The minimum absolute atomic E-state index is 0.298. The van der Waals surface area contributed by atoms with Crippen molar-refractivity contribution in [2.75, 3.05) is 36.3 Å². The zero-order valence-corrected chi connectivity index (χ0v) is 16.6. The summed E-state index contributed by atoms with van der Waals surface area (Å²) in [5.41, 5.74) is 14.0. The fourth-order valence-electron chi connectivity index (χ4n) is 2.84. The van der Waals surface area contributed by atoms with Crippen LogP contribution in [-0.2, 0) is 0 Å². The monoisotopic (exact) mass is 406 g/mol. The number of hydrogen-bond donors (Lipinski definition) is 4. The molecule has 6 N–H and O–H groups in total. The van der Waals surface area contributed by atoms with E-state index in [-0.39, 0.29) is 0 Å². The Morgan fingerprint density at radius 3 is 1.53 bits per heavy atom. The molecule has 0 aliphatic heterocycles. The number of carbonyl (C=O) groups is 2. The van der Waals surface area contributed by atoms with E-state index in [1.165, 1.54) is 20.3 Å². The van der Waals surface area contributed by atoms with E-state index < -0.39 is 11.8 Å². The Bertz CT molecular complexity index is 1020. The molecular formula is C22H22N4O4. The zero-order chi connectivity index (χ0) is 21.7. The van der Waals surface area contributed by atoms with Gasteiger partial charge in [0.1, 0.15) is 11.5 Å². The van der Waals surface area contributed by atoms with Crippen molar-refractivity contribution in [2.24, 2.45) is 0 Å². The first-order chi connectivity index (χ1) is 14.4. The Kier molecular flexibility index (Phi) is 6.07. The largest absolute Gasteiger partial charge is 0.495 e. The Morgan fingerprint density at radius 1 is 0.700 bits per heavy atom. The highest BCUT2D eigenvalue weighted by molar-refractivity contribution is 6.09. The third kappa shape index (κ3) is 4.61. The third-order valence-corrected chi connectivity index (χ3v) is 4.33. The Morgan fingerprint density at radius 2 is 1.13 bits per heavy atom. The normalized spacial score (nSPS) is 10.2. The molecule has 0 atom stereocenters. The summed E-state index contributed by atoms with van der Waals surface area (Å²) in [5, 5.41) is 5.50. The van der Waals surface area contributed by atoms with Gasteiger partial charge in [-0.05, 0) is 54.6 Å². The highest BCUT2D eigenvalue weighted by Crippen LogP contribution is 2.28. The van der Waals surface area contributed by atoms with Crippen molar-refractivity contribution in [2.45, 2.75) is 0 Å². The predicted molar refractivity (Wildman–Crippen MR) is 117 cm³/mol. The second-order valence-electron chi connectivity index (χ2n) is 6.41. The van der Waals surface area contributed by atoms with Crippen molar-refractivity contribution >= 4 is 34.6 Å². The van der Waals surface area contributed by atoms with Crippen molar-refractivity contribution in [3.8, 4) is 11.5 Å². The fourth-order valence-corrected chi connectivity index (χ4v) is 2.84. The number of carbonyl (C=O) groups excluding carboxylic acids is 2. The minimum Gasteiger partial charge on any atom is -0.495 e. The lowest BCUT2D eigenvalue weighted by Crippen LogP contribution is -2.16. The van der Waals surface area contributed by atoms with Crippen LogP contribution in [0, 0.1) is 0 Å². The minimum atomic E-state index is -0.407. The molecule has 0 spiro atoms. The lowest BCUT2D eigenvalue weighted by Gasteiger charge is -2.12. The second kappa shape index (κ2) is 8.87. The molecule has 2 amide bonds. The first-order valence-electron chi connectivity index (χ1n) is 9.01. The van der Waals surface area contributed by atoms with E-state index in [4.69, 9.17) is 20.9 Å². The molecule has 3 aromatic carbocycles. The molecule has 8 heteroatoms. The molecule has 154 valence electrons. The lowest BCUT2D eigenvalue weighted by molar-refractivity contribution is 0.102. The van der Waals surface area contributed by atoms with Gasteiger partial charge in [-0.25, -0.2) is 0 Å². The van der Waals surface area contributed by atoms with Gasteiger partial charge in [-0.1, -0.05) is 6.07 Å². The summed E-state index contributed by atoms with van der Waals surface area (Å²) in [6.45, 7) is 0. The fraction of sp³-hybridized carbons (Fsp3) is 0.0909. The third-order valence-electron chi connectivity index (χ3n) is 4.33. The van der Waals surface area contributed by atoms with Crippen LogP contribution in [0.4, 0.5) is 22.7 Å². The number of amides is 2. The molecule has 0 unspecified atom stereocenters. The van der Waals surface area contributed by atoms with E-state index in [9.17, 15) is 9.59 Å². The Labute approximate surface area is 173 Å².